The second-order valence-electron chi connectivity index (χ2n) is 8.19. The maximum absolute atomic E-state index is 13.0. The summed E-state index contributed by atoms with van der Waals surface area (Å²) >= 11 is 0. The van der Waals surface area contributed by atoms with E-state index in [1.807, 2.05) is 32.0 Å². The van der Waals surface area contributed by atoms with E-state index < -0.39 is 21.4 Å². The van der Waals surface area contributed by atoms with Crippen LogP contribution in [0.5, 0.6) is 0 Å². The SMILES string of the molecule is CCOC(=O)C(C)(C(O[Si](C)(C)C)c1ccccc1)[Si](C)(C)C. The number of esters is 1. The van der Waals surface area contributed by atoms with Gasteiger partial charge >= 0.3 is 5.97 Å². The van der Waals surface area contributed by atoms with Gasteiger partial charge in [0.1, 0.15) is 0 Å². The van der Waals surface area contributed by atoms with Crippen LogP contribution in [0.25, 0.3) is 0 Å². The fraction of sp³-hybridized carbons (Fsp3) is 0.611. The van der Waals surface area contributed by atoms with Crippen LogP contribution < -0.4 is 0 Å². The third kappa shape index (κ3) is 4.78. The average Bonchev–Trinajstić information content (AvgIpc) is 2.43. The molecule has 0 radical (unpaired) electrons. The Kier molecular flexibility index (Phi) is 6.41. The van der Waals surface area contributed by atoms with Gasteiger partial charge in [-0.05, 0) is 39.1 Å². The summed E-state index contributed by atoms with van der Waals surface area (Å²) in [5.74, 6) is -0.133. The summed E-state index contributed by atoms with van der Waals surface area (Å²) in [6, 6.07) is 10.1. The molecule has 1 aromatic rings. The molecule has 0 spiro atoms. The molecule has 0 N–H and O–H groups in total. The van der Waals surface area contributed by atoms with Gasteiger partial charge < -0.3 is 9.16 Å². The predicted molar refractivity (Wildman–Crippen MR) is 102 cm³/mol. The summed E-state index contributed by atoms with van der Waals surface area (Å²) in [7, 11) is -3.78. The standard InChI is InChI=1S/C18H32O3Si2/c1-9-20-17(19)18(2,22(3,4)5)16(21-23(6,7)8)15-13-11-10-12-14-15/h10-14,16H,9H2,1-8H3. The van der Waals surface area contributed by atoms with Crippen molar-refractivity contribution in [1.82, 2.24) is 0 Å². The van der Waals surface area contributed by atoms with Crippen molar-refractivity contribution in [3.63, 3.8) is 0 Å². The lowest BCUT2D eigenvalue weighted by Gasteiger charge is -2.46. The summed E-state index contributed by atoms with van der Waals surface area (Å²) in [6.45, 7) is 17.4. The second kappa shape index (κ2) is 7.32. The molecule has 0 aliphatic carbocycles. The fourth-order valence-electron chi connectivity index (χ4n) is 2.59. The number of ether oxygens (including phenoxy) is 1. The lowest BCUT2D eigenvalue weighted by Crippen LogP contribution is -2.50. The first-order valence-electron chi connectivity index (χ1n) is 8.33. The van der Waals surface area contributed by atoms with Gasteiger partial charge in [0.25, 0.3) is 0 Å². The van der Waals surface area contributed by atoms with Crippen LogP contribution >= 0.6 is 0 Å². The van der Waals surface area contributed by atoms with Crippen LogP contribution in [0.1, 0.15) is 25.5 Å². The lowest BCUT2D eigenvalue weighted by molar-refractivity contribution is -0.150. The maximum atomic E-state index is 13.0. The zero-order chi connectivity index (χ0) is 17.9. The molecule has 2 unspecified atom stereocenters. The van der Waals surface area contributed by atoms with E-state index in [-0.39, 0.29) is 12.1 Å². The van der Waals surface area contributed by atoms with Crippen molar-refractivity contribution in [2.75, 3.05) is 6.61 Å². The van der Waals surface area contributed by atoms with Crippen LogP contribution in [0.4, 0.5) is 0 Å². The summed E-state index contributed by atoms with van der Waals surface area (Å²) in [6.07, 6.45) is -0.263. The molecule has 0 fully saturated rings. The molecule has 5 heteroatoms. The zero-order valence-corrected chi connectivity index (χ0v) is 17.9. The molecular weight excluding hydrogens is 320 g/mol. The van der Waals surface area contributed by atoms with Gasteiger partial charge in [-0.25, -0.2) is 0 Å². The number of benzene rings is 1. The quantitative estimate of drug-likeness (QED) is 0.497. The van der Waals surface area contributed by atoms with Crippen molar-refractivity contribution < 1.29 is 14.0 Å². The van der Waals surface area contributed by atoms with E-state index in [2.05, 4.69) is 51.4 Å². The van der Waals surface area contributed by atoms with E-state index in [0.717, 1.165) is 5.56 Å². The van der Waals surface area contributed by atoms with Crippen molar-refractivity contribution in [2.45, 2.75) is 64.3 Å². The van der Waals surface area contributed by atoms with Crippen molar-refractivity contribution in [3.8, 4) is 0 Å². The Morgan fingerprint density at radius 3 is 2.00 bits per heavy atom. The molecule has 130 valence electrons. The fourth-order valence-corrected chi connectivity index (χ4v) is 5.48. The van der Waals surface area contributed by atoms with E-state index in [0.29, 0.717) is 6.61 Å². The molecule has 1 aromatic carbocycles. The molecular formula is C18H32O3Si2. The largest absolute Gasteiger partial charge is 0.466 e. The van der Waals surface area contributed by atoms with Crippen LogP contribution in [0, 0.1) is 0 Å². The van der Waals surface area contributed by atoms with Crippen LogP contribution in [-0.4, -0.2) is 29.0 Å². The maximum Gasteiger partial charge on any atom is 0.311 e. The highest BCUT2D eigenvalue weighted by Gasteiger charge is 2.54. The van der Waals surface area contributed by atoms with Gasteiger partial charge in [0.15, 0.2) is 8.32 Å². The minimum Gasteiger partial charge on any atom is -0.466 e. The molecule has 1 rings (SSSR count). The Balaban J connectivity index is 3.47. The average molecular weight is 353 g/mol. The molecule has 0 bridgehead atoms. The number of rotatable bonds is 7. The second-order valence-corrected chi connectivity index (χ2v) is 18.2. The zero-order valence-electron chi connectivity index (χ0n) is 15.9. The Hall–Kier alpha value is -0.916. The molecule has 0 aliphatic rings. The number of hydrogen-bond acceptors (Lipinski definition) is 3. The molecule has 0 heterocycles. The highest BCUT2D eigenvalue weighted by Crippen LogP contribution is 2.52. The first-order chi connectivity index (χ1) is 10.4. The topological polar surface area (TPSA) is 35.5 Å². The lowest BCUT2D eigenvalue weighted by atomic mass is 9.96. The Morgan fingerprint density at radius 1 is 1.09 bits per heavy atom. The first-order valence-corrected chi connectivity index (χ1v) is 15.2. The molecule has 0 saturated heterocycles. The summed E-state index contributed by atoms with van der Waals surface area (Å²) < 4.78 is 12.0. The van der Waals surface area contributed by atoms with Gasteiger partial charge in [0.05, 0.1) is 25.8 Å². The summed E-state index contributed by atoms with van der Waals surface area (Å²) in [4.78, 5) is 13.0. The van der Waals surface area contributed by atoms with Gasteiger partial charge in [0, 0.05) is 0 Å². The van der Waals surface area contributed by atoms with Crippen LogP contribution in [0.2, 0.25) is 44.3 Å². The van der Waals surface area contributed by atoms with Crippen LogP contribution in [0.3, 0.4) is 0 Å². The number of hydrogen-bond donors (Lipinski definition) is 0. The summed E-state index contributed by atoms with van der Waals surface area (Å²) in [5, 5.41) is -0.634. The normalized spacial score (nSPS) is 16.5. The van der Waals surface area contributed by atoms with E-state index in [9.17, 15) is 4.79 Å². The Labute approximate surface area is 143 Å². The van der Waals surface area contributed by atoms with E-state index in [4.69, 9.17) is 9.16 Å². The minimum atomic E-state index is -1.93. The van der Waals surface area contributed by atoms with E-state index in [1.165, 1.54) is 0 Å². The minimum absolute atomic E-state index is 0.133. The monoisotopic (exact) mass is 352 g/mol. The highest BCUT2D eigenvalue weighted by molar-refractivity contribution is 6.82. The molecule has 23 heavy (non-hydrogen) atoms. The van der Waals surface area contributed by atoms with Gasteiger partial charge in [0.2, 0.25) is 0 Å². The molecule has 0 amide bonds. The number of carbonyl (C=O) groups excluding carboxylic acids is 1. The van der Waals surface area contributed by atoms with Crippen molar-refractivity contribution >= 4 is 22.4 Å². The van der Waals surface area contributed by atoms with E-state index >= 15 is 0 Å². The van der Waals surface area contributed by atoms with Gasteiger partial charge in [-0.3, -0.25) is 4.79 Å². The first kappa shape index (κ1) is 20.1. The molecule has 3 nitrogen and oxygen atoms in total. The third-order valence-corrected chi connectivity index (χ3v) is 8.88. The molecule has 0 saturated carbocycles. The Bertz CT molecular complexity index is 517. The van der Waals surface area contributed by atoms with Crippen molar-refractivity contribution in [2.24, 2.45) is 0 Å². The predicted octanol–water partition coefficient (Wildman–Crippen LogP) is 5.24. The third-order valence-electron chi connectivity index (χ3n) is 4.36. The van der Waals surface area contributed by atoms with Crippen molar-refractivity contribution in [3.05, 3.63) is 35.9 Å². The van der Waals surface area contributed by atoms with Crippen LogP contribution in [0.15, 0.2) is 30.3 Å². The highest BCUT2D eigenvalue weighted by atomic mass is 28.4. The van der Waals surface area contributed by atoms with Gasteiger partial charge in [-0.1, -0.05) is 50.0 Å². The Morgan fingerprint density at radius 2 is 1.61 bits per heavy atom. The molecule has 0 aliphatic heterocycles. The van der Waals surface area contributed by atoms with Gasteiger partial charge in [-0.15, -0.1) is 0 Å². The van der Waals surface area contributed by atoms with E-state index in [1.54, 1.807) is 0 Å². The van der Waals surface area contributed by atoms with Crippen molar-refractivity contribution in [1.29, 1.82) is 0 Å². The smallest absolute Gasteiger partial charge is 0.311 e. The summed E-state index contributed by atoms with van der Waals surface area (Å²) in [5.41, 5.74) is 1.06. The van der Waals surface area contributed by atoms with Crippen LogP contribution in [-0.2, 0) is 14.0 Å². The molecule has 2 atom stereocenters. The van der Waals surface area contributed by atoms with Gasteiger partial charge in [-0.2, -0.15) is 0 Å². The molecule has 0 aromatic heterocycles. The number of carbonyl (C=O) groups is 1.